The number of halogens is 1. The van der Waals surface area contributed by atoms with Crippen LogP contribution in [0.5, 0.6) is 0 Å². The second-order valence-corrected chi connectivity index (χ2v) is 4.83. The summed E-state index contributed by atoms with van der Waals surface area (Å²) in [7, 11) is 0. The van der Waals surface area contributed by atoms with Crippen LogP contribution in [-0.4, -0.2) is 17.8 Å². The molecule has 1 aliphatic rings. The number of nitrogens with zero attached hydrogens (tertiary/aromatic N) is 1. The smallest absolute Gasteiger partial charge is 0.335 e. The van der Waals surface area contributed by atoms with Crippen LogP contribution >= 0.6 is 11.6 Å². The summed E-state index contributed by atoms with van der Waals surface area (Å²) in [4.78, 5) is 37.2. The third-order valence-electron chi connectivity index (χ3n) is 3.02. The van der Waals surface area contributed by atoms with Crippen LogP contribution in [0.4, 0.5) is 10.5 Å². The van der Waals surface area contributed by atoms with Gasteiger partial charge >= 0.3 is 6.03 Å². The molecular formula is C15H9ClN2O4. The highest BCUT2D eigenvalue weighted by Crippen LogP contribution is 2.28. The van der Waals surface area contributed by atoms with E-state index in [0.29, 0.717) is 5.76 Å². The van der Waals surface area contributed by atoms with Gasteiger partial charge in [0.2, 0.25) is 0 Å². The fourth-order valence-electron chi connectivity index (χ4n) is 2.02. The van der Waals surface area contributed by atoms with Gasteiger partial charge in [-0.1, -0.05) is 23.7 Å². The Balaban J connectivity index is 2.05. The average Bonchev–Trinajstić information content (AvgIpc) is 2.98. The fourth-order valence-corrected chi connectivity index (χ4v) is 2.25. The van der Waals surface area contributed by atoms with E-state index in [1.165, 1.54) is 18.4 Å². The molecule has 6 nitrogen and oxygen atoms in total. The normalized spacial score (nSPS) is 17.0. The number of amides is 4. The molecule has 1 N–H and O–H groups in total. The zero-order chi connectivity index (χ0) is 15.7. The number of carbonyl (C=O) groups is 3. The second kappa shape index (κ2) is 5.50. The van der Waals surface area contributed by atoms with E-state index in [1.807, 2.05) is 0 Å². The molecule has 1 saturated heterocycles. The summed E-state index contributed by atoms with van der Waals surface area (Å²) in [5.41, 5.74) is -0.0148. The Morgan fingerprint density at radius 1 is 1.09 bits per heavy atom. The van der Waals surface area contributed by atoms with Crippen LogP contribution in [0.3, 0.4) is 0 Å². The minimum atomic E-state index is -0.848. The fraction of sp³-hybridized carbons (Fsp3) is 0. The molecule has 4 amide bonds. The number of hydrogen-bond acceptors (Lipinski definition) is 4. The number of rotatable bonds is 2. The lowest BCUT2D eigenvalue weighted by Crippen LogP contribution is -2.54. The Bertz CT molecular complexity index is 796. The number of benzene rings is 1. The van der Waals surface area contributed by atoms with Gasteiger partial charge in [-0.15, -0.1) is 0 Å². The molecule has 2 heterocycles. The minimum Gasteiger partial charge on any atom is -0.465 e. The summed E-state index contributed by atoms with van der Waals surface area (Å²) in [5, 5.41) is 2.33. The van der Waals surface area contributed by atoms with Crippen LogP contribution in [0, 0.1) is 0 Å². The quantitative estimate of drug-likeness (QED) is 0.682. The Hall–Kier alpha value is -2.86. The van der Waals surface area contributed by atoms with Gasteiger partial charge in [-0.25, -0.2) is 9.69 Å². The van der Waals surface area contributed by atoms with Crippen molar-refractivity contribution in [3.8, 4) is 0 Å². The Labute approximate surface area is 130 Å². The summed E-state index contributed by atoms with van der Waals surface area (Å²) < 4.78 is 5.09. The van der Waals surface area contributed by atoms with E-state index in [1.54, 1.807) is 30.3 Å². The van der Waals surface area contributed by atoms with E-state index in [2.05, 4.69) is 5.32 Å². The Kier molecular flexibility index (Phi) is 3.52. The van der Waals surface area contributed by atoms with E-state index in [-0.39, 0.29) is 16.3 Å². The van der Waals surface area contributed by atoms with Crippen molar-refractivity contribution in [1.29, 1.82) is 0 Å². The third kappa shape index (κ3) is 2.40. The first-order valence-electron chi connectivity index (χ1n) is 6.27. The highest BCUT2D eigenvalue weighted by atomic mass is 35.5. The van der Waals surface area contributed by atoms with E-state index in [9.17, 15) is 14.4 Å². The van der Waals surface area contributed by atoms with Gasteiger partial charge in [0.15, 0.2) is 0 Å². The number of urea groups is 1. The number of nitrogens with one attached hydrogen (secondary N) is 1. The first-order chi connectivity index (χ1) is 10.6. The second-order valence-electron chi connectivity index (χ2n) is 4.42. The molecule has 0 spiro atoms. The van der Waals surface area contributed by atoms with Gasteiger partial charge in [0.05, 0.1) is 17.0 Å². The molecule has 0 aliphatic carbocycles. The molecular weight excluding hydrogens is 308 g/mol. The van der Waals surface area contributed by atoms with E-state index >= 15 is 0 Å². The SMILES string of the molecule is O=C1NC(=O)N(c2ccccc2Cl)C(=O)C1=Cc1ccco1. The monoisotopic (exact) mass is 316 g/mol. The lowest BCUT2D eigenvalue weighted by atomic mass is 10.1. The maximum Gasteiger partial charge on any atom is 0.335 e. The lowest BCUT2D eigenvalue weighted by molar-refractivity contribution is -0.122. The molecule has 1 aromatic heterocycles. The third-order valence-corrected chi connectivity index (χ3v) is 3.34. The number of furan rings is 1. The molecule has 1 aliphatic heterocycles. The van der Waals surface area contributed by atoms with E-state index in [4.69, 9.17) is 16.0 Å². The number of imide groups is 2. The van der Waals surface area contributed by atoms with Crippen molar-refractivity contribution in [3.05, 3.63) is 59.0 Å². The van der Waals surface area contributed by atoms with Crippen molar-refractivity contribution >= 4 is 41.2 Å². The number of anilines is 1. The van der Waals surface area contributed by atoms with Crippen LogP contribution < -0.4 is 10.2 Å². The zero-order valence-electron chi connectivity index (χ0n) is 11.1. The average molecular weight is 317 g/mol. The van der Waals surface area contributed by atoms with Gasteiger partial charge in [-0.3, -0.25) is 14.9 Å². The van der Waals surface area contributed by atoms with Crippen LogP contribution in [0.25, 0.3) is 6.08 Å². The van der Waals surface area contributed by atoms with Gasteiger partial charge < -0.3 is 4.42 Å². The van der Waals surface area contributed by atoms with Gasteiger partial charge in [-0.2, -0.15) is 0 Å². The summed E-state index contributed by atoms with van der Waals surface area (Å²) in [6.07, 6.45) is 2.68. The van der Waals surface area contributed by atoms with Crippen molar-refractivity contribution in [2.24, 2.45) is 0 Å². The number of hydrogen-bond donors (Lipinski definition) is 1. The molecule has 1 aromatic carbocycles. The van der Waals surface area contributed by atoms with Crippen LogP contribution in [-0.2, 0) is 9.59 Å². The molecule has 7 heteroatoms. The number of barbiturate groups is 1. The summed E-state index contributed by atoms with van der Waals surface area (Å²) in [6.45, 7) is 0. The molecule has 0 bridgehead atoms. The maximum absolute atomic E-state index is 12.5. The molecule has 2 aromatic rings. The first-order valence-corrected chi connectivity index (χ1v) is 6.65. The molecule has 3 rings (SSSR count). The van der Waals surface area contributed by atoms with Crippen LogP contribution in [0.15, 0.2) is 52.7 Å². The van der Waals surface area contributed by atoms with E-state index < -0.39 is 17.8 Å². The Morgan fingerprint density at radius 3 is 2.55 bits per heavy atom. The lowest BCUT2D eigenvalue weighted by Gasteiger charge is -2.26. The highest BCUT2D eigenvalue weighted by Gasteiger charge is 2.37. The molecule has 0 unspecified atom stereocenters. The van der Waals surface area contributed by atoms with Crippen LogP contribution in [0.2, 0.25) is 5.02 Å². The number of para-hydroxylation sites is 1. The predicted molar refractivity (Wildman–Crippen MR) is 79.2 cm³/mol. The van der Waals surface area contributed by atoms with Gasteiger partial charge in [0.1, 0.15) is 11.3 Å². The molecule has 0 atom stereocenters. The van der Waals surface area contributed by atoms with Gasteiger partial charge in [0.25, 0.3) is 11.8 Å². The summed E-state index contributed by atoms with van der Waals surface area (Å²) in [6, 6.07) is 8.72. The zero-order valence-corrected chi connectivity index (χ0v) is 11.8. The van der Waals surface area contributed by atoms with Crippen molar-refractivity contribution in [1.82, 2.24) is 5.32 Å². The largest absolute Gasteiger partial charge is 0.465 e. The van der Waals surface area contributed by atoms with Gasteiger partial charge in [-0.05, 0) is 30.3 Å². The van der Waals surface area contributed by atoms with Crippen molar-refractivity contribution in [2.45, 2.75) is 0 Å². The van der Waals surface area contributed by atoms with Crippen molar-refractivity contribution in [2.75, 3.05) is 4.90 Å². The molecule has 0 saturated carbocycles. The summed E-state index contributed by atoms with van der Waals surface area (Å²) in [5.74, 6) is -1.22. The maximum atomic E-state index is 12.5. The summed E-state index contributed by atoms with van der Waals surface area (Å²) >= 11 is 6.02. The first kappa shape index (κ1) is 14.1. The Morgan fingerprint density at radius 2 is 1.86 bits per heavy atom. The van der Waals surface area contributed by atoms with Crippen molar-refractivity contribution < 1.29 is 18.8 Å². The highest BCUT2D eigenvalue weighted by molar-refractivity contribution is 6.42. The molecule has 22 heavy (non-hydrogen) atoms. The standard InChI is InChI=1S/C15H9ClN2O4/c16-11-5-1-2-6-12(11)18-14(20)10(13(19)17-15(18)21)8-9-4-3-7-22-9/h1-8H,(H,17,19,21). The van der Waals surface area contributed by atoms with Crippen LogP contribution in [0.1, 0.15) is 5.76 Å². The molecule has 0 radical (unpaired) electrons. The molecule has 1 fully saturated rings. The van der Waals surface area contributed by atoms with E-state index in [0.717, 1.165) is 4.90 Å². The topological polar surface area (TPSA) is 79.6 Å². The van der Waals surface area contributed by atoms with Crippen molar-refractivity contribution in [3.63, 3.8) is 0 Å². The van der Waals surface area contributed by atoms with Gasteiger partial charge in [0, 0.05) is 0 Å². The molecule has 110 valence electrons. The minimum absolute atomic E-state index is 0.199. The predicted octanol–water partition coefficient (Wildman–Crippen LogP) is 2.60. The number of carbonyl (C=O) groups excluding carboxylic acids is 3.